The van der Waals surface area contributed by atoms with E-state index in [2.05, 4.69) is 53.3 Å². The van der Waals surface area contributed by atoms with E-state index in [-0.39, 0.29) is 0 Å². The van der Waals surface area contributed by atoms with Gasteiger partial charge in [-0.1, -0.05) is 36.7 Å². The Morgan fingerprint density at radius 1 is 1.13 bits per heavy atom. The molecule has 4 heteroatoms. The number of ether oxygens (including phenoxy) is 1. The van der Waals surface area contributed by atoms with Gasteiger partial charge in [0.25, 0.3) is 0 Å². The van der Waals surface area contributed by atoms with Crippen LogP contribution in [-0.2, 0) is 12.8 Å². The number of halogens is 1. The van der Waals surface area contributed by atoms with Gasteiger partial charge in [0.1, 0.15) is 5.75 Å². The predicted octanol–water partition coefficient (Wildman–Crippen LogP) is 6.11. The van der Waals surface area contributed by atoms with Gasteiger partial charge < -0.3 is 9.72 Å². The van der Waals surface area contributed by atoms with E-state index in [1.165, 1.54) is 47.0 Å². The van der Waals surface area contributed by atoms with Crippen molar-refractivity contribution < 1.29 is 4.74 Å². The first-order chi connectivity index (χ1) is 14.7. The number of rotatable bonds is 6. The lowest BCUT2D eigenvalue weighted by molar-refractivity contribution is 0.255. The summed E-state index contributed by atoms with van der Waals surface area (Å²) in [7, 11) is 0. The second kappa shape index (κ2) is 8.49. The lowest BCUT2D eigenvalue weighted by atomic mass is 9.97. The van der Waals surface area contributed by atoms with Gasteiger partial charge in [-0.2, -0.15) is 0 Å². The van der Waals surface area contributed by atoms with Crippen molar-refractivity contribution in [2.75, 3.05) is 26.2 Å². The Balaban J connectivity index is 1.21. The Labute approximate surface area is 183 Å². The van der Waals surface area contributed by atoms with E-state index in [9.17, 15) is 0 Å². The molecular weight excluding hydrogens is 392 g/mol. The van der Waals surface area contributed by atoms with Gasteiger partial charge in [0.05, 0.1) is 6.61 Å². The second-order valence-corrected chi connectivity index (χ2v) is 9.12. The highest BCUT2D eigenvalue weighted by Gasteiger charge is 2.25. The maximum atomic E-state index is 6.13. The fraction of sp³-hybridized carbons (Fsp3) is 0.385. The van der Waals surface area contributed by atoms with Crippen LogP contribution in [-0.4, -0.2) is 36.1 Å². The predicted molar refractivity (Wildman–Crippen MR) is 125 cm³/mol. The molecule has 1 N–H and O–H groups in total. The van der Waals surface area contributed by atoms with Crippen LogP contribution in [0.5, 0.6) is 5.75 Å². The minimum Gasteiger partial charge on any atom is -0.494 e. The van der Waals surface area contributed by atoms with E-state index in [1.54, 1.807) is 0 Å². The third-order valence-electron chi connectivity index (χ3n) is 6.47. The monoisotopic (exact) mass is 420 g/mol. The Morgan fingerprint density at radius 3 is 2.87 bits per heavy atom. The molecule has 30 heavy (non-hydrogen) atoms. The van der Waals surface area contributed by atoms with Gasteiger partial charge in [0, 0.05) is 47.3 Å². The van der Waals surface area contributed by atoms with Crippen LogP contribution in [0, 0.1) is 5.92 Å². The molecule has 3 aromatic rings. The number of hydrogen-bond donors (Lipinski definition) is 1. The van der Waals surface area contributed by atoms with Crippen LogP contribution >= 0.6 is 11.6 Å². The molecule has 2 aliphatic rings. The van der Waals surface area contributed by atoms with Crippen LogP contribution in [0.4, 0.5) is 0 Å². The first kappa shape index (κ1) is 19.7. The molecule has 5 rings (SSSR count). The molecule has 2 heterocycles. The van der Waals surface area contributed by atoms with Crippen molar-refractivity contribution in [3.63, 3.8) is 0 Å². The number of hydrogen-bond acceptors (Lipinski definition) is 2. The topological polar surface area (TPSA) is 28.3 Å². The zero-order chi connectivity index (χ0) is 20.5. The Bertz CT molecular complexity index is 1080. The molecule has 2 aromatic carbocycles. The molecule has 156 valence electrons. The van der Waals surface area contributed by atoms with Crippen molar-refractivity contribution >= 4 is 28.1 Å². The fourth-order valence-corrected chi connectivity index (χ4v) is 5.15. The first-order valence-electron chi connectivity index (χ1n) is 11.1. The summed E-state index contributed by atoms with van der Waals surface area (Å²) in [6, 6.07) is 12.8. The molecule has 1 aliphatic carbocycles. The van der Waals surface area contributed by atoms with Crippen molar-refractivity contribution in [2.24, 2.45) is 5.92 Å². The molecule has 0 saturated carbocycles. The number of aromatic nitrogens is 1. The number of fused-ring (bicyclic) bond motifs is 2. The Hall–Kier alpha value is -2.23. The summed E-state index contributed by atoms with van der Waals surface area (Å²) >= 11 is 6.13. The summed E-state index contributed by atoms with van der Waals surface area (Å²) in [5, 5.41) is 2.05. The smallest absolute Gasteiger partial charge is 0.119 e. The SMILES string of the molecule is CCCOc1ccc2c(c1)CC(CN1CC=C(c3c[nH]c4cc(Cl)ccc34)CC1)C2. The molecule has 0 bridgehead atoms. The normalized spacial score (nSPS) is 19.1. The number of benzene rings is 2. The summed E-state index contributed by atoms with van der Waals surface area (Å²) in [4.78, 5) is 5.99. The van der Waals surface area contributed by atoms with E-state index in [0.717, 1.165) is 48.8 Å². The lowest BCUT2D eigenvalue weighted by Gasteiger charge is -2.28. The molecular formula is C26H29ClN2O. The third-order valence-corrected chi connectivity index (χ3v) is 6.70. The highest BCUT2D eigenvalue weighted by molar-refractivity contribution is 6.31. The van der Waals surface area contributed by atoms with Gasteiger partial charge in [0.15, 0.2) is 0 Å². The van der Waals surface area contributed by atoms with Gasteiger partial charge in [-0.3, -0.25) is 4.90 Å². The van der Waals surface area contributed by atoms with Gasteiger partial charge in [-0.15, -0.1) is 0 Å². The van der Waals surface area contributed by atoms with Crippen molar-refractivity contribution in [3.8, 4) is 5.75 Å². The van der Waals surface area contributed by atoms with E-state index in [0.29, 0.717) is 5.92 Å². The Morgan fingerprint density at radius 2 is 2.03 bits per heavy atom. The average Bonchev–Trinajstić information content (AvgIpc) is 3.35. The minimum atomic E-state index is 0.714. The molecule has 0 spiro atoms. The summed E-state index contributed by atoms with van der Waals surface area (Å²) in [6.45, 7) is 6.29. The average molecular weight is 421 g/mol. The summed E-state index contributed by atoms with van der Waals surface area (Å²) in [5.41, 5.74) is 6.89. The van der Waals surface area contributed by atoms with Crippen LogP contribution in [0.25, 0.3) is 16.5 Å². The van der Waals surface area contributed by atoms with E-state index in [1.807, 2.05) is 12.1 Å². The van der Waals surface area contributed by atoms with Crippen molar-refractivity contribution in [1.29, 1.82) is 0 Å². The third kappa shape index (κ3) is 4.01. The maximum absolute atomic E-state index is 6.13. The number of H-pyrrole nitrogens is 1. The quantitative estimate of drug-likeness (QED) is 0.520. The molecule has 3 nitrogen and oxygen atoms in total. The van der Waals surface area contributed by atoms with Crippen molar-refractivity contribution in [1.82, 2.24) is 9.88 Å². The van der Waals surface area contributed by atoms with Gasteiger partial charge in [0.2, 0.25) is 0 Å². The summed E-state index contributed by atoms with van der Waals surface area (Å²) in [5.74, 6) is 1.74. The summed E-state index contributed by atoms with van der Waals surface area (Å²) < 4.78 is 5.82. The molecule has 0 fully saturated rings. The molecule has 1 aromatic heterocycles. The standard InChI is InChI=1S/C26H29ClN2O/c1-2-11-30-23-5-3-20-12-18(13-21(20)14-23)17-29-9-7-19(8-10-29)25-16-28-26-15-22(27)4-6-24(25)26/h3-7,14-16,18,28H,2,8-13,17H2,1H3. The van der Waals surface area contributed by atoms with E-state index in [4.69, 9.17) is 16.3 Å². The number of nitrogens with one attached hydrogen (secondary N) is 1. The number of aromatic amines is 1. The minimum absolute atomic E-state index is 0.714. The Kier molecular flexibility index (Phi) is 5.58. The van der Waals surface area contributed by atoms with E-state index >= 15 is 0 Å². The zero-order valence-corrected chi connectivity index (χ0v) is 18.3. The van der Waals surface area contributed by atoms with Crippen LogP contribution in [0.15, 0.2) is 48.7 Å². The maximum Gasteiger partial charge on any atom is 0.119 e. The lowest BCUT2D eigenvalue weighted by Crippen LogP contribution is -2.33. The molecule has 0 saturated heterocycles. The van der Waals surface area contributed by atoms with Crippen LogP contribution in [0.2, 0.25) is 5.02 Å². The second-order valence-electron chi connectivity index (χ2n) is 8.68. The van der Waals surface area contributed by atoms with Crippen molar-refractivity contribution in [2.45, 2.75) is 32.6 Å². The highest BCUT2D eigenvalue weighted by atomic mass is 35.5. The molecule has 0 amide bonds. The van der Waals surface area contributed by atoms with Crippen LogP contribution < -0.4 is 4.74 Å². The number of nitrogens with zero attached hydrogens (tertiary/aromatic N) is 1. The molecule has 0 radical (unpaired) electrons. The zero-order valence-electron chi connectivity index (χ0n) is 17.6. The molecule has 1 atom stereocenters. The van der Waals surface area contributed by atoms with Crippen LogP contribution in [0.3, 0.4) is 0 Å². The van der Waals surface area contributed by atoms with Gasteiger partial charge in [-0.05, 0) is 72.6 Å². The fourth-order valence-electron chi connectivity index (χ4n) is 4.98. The van der Waals surface area contributed by atoms with E-state index < -0.39 is 0 Å². The highest BCUT2D eigenvalue weighted by Crippen LogP contribution is 2.33. The summed E-state index contributed by atoms with van der Waals surface area (Å²) in [6.07, 6.45) is 9.07. The first-order valence-corrected chi connectivity index (χ1v) is 11.5. The molecule has 1 unspecified atom stereocenters. The van der Waals surface area contributed by atoms with Crippen molar-refractivity contribution in [3.05, 3.63) is 70.4 Å². The molecule has 1 aliphatic heterocycles. The van der Waals surface area contributed by atoms with Gasteiger partial charge >= 0.3 is 0 Å². The van der Waals surface area contributed by atoms with Gasteiger partial charge in [-0.25, -0.2) is 0 Å². The largest absolute Gasteiger partial charge is 0.494 e. The van der Waals surface area contributed by atoms with Crippen LogP contribution in [0.1, 0.15) is 36.5 Å².